The molecule has 2 aromatic carbocycles. The van der Waals surface area contributed by atoms with Gasteiger partial charge in [-0.2, -0.15) is 13.2 Å². The number of aromatic nitrogens is 1. The predicted octanol–water partition coefficient (Wildman–Crippen LogP) is 6.52. The zero-order valence-corrected chi connectivity index (χ0v) is 23.2. The second-order valence-electron chi connectivity index (χ2n) is 9.70. The van der Waals surface area contributed by atoms with Crippen molar-refractivity contribution < 1.29 is 36.9 Å². The number of esters is 1. The molecule has 0 aliphatic carbocycles. The molecule has 1 aliphatic rings. The van der Waals surface area contributed by atoms with Gasteiger partial charge in [-0.3, -0.25) is 9.79 Å². The van der Waals surface area contributed by atoms with E-state index >= 15 is 0 Å². The van der Waals surface area contributed by atoms with Crippen molar-refractivity contribution in [3.8, 4) is 5.88 Å². The molecule has 1 aromatic heterocycles. The van der Waals surface area contributed by atoms with Gasteiger partial charge in [-0.25, -0.2) is 4.98 Å². The summed E-state index contributed by atoms with van der Waals surface area (Å²) in [6.07, 6.45) is -3.51. The maximum Gasteiger partial charge on any atom is 0.416 e. The molecule has 2 atom stereocenters. The van der Waals surface area contributed by atoms with Gasteiger partial charge in [0, 0.05) is 17.7 Å². The lowest BCUT2D eigenvalue weighted by Crippen LogP contribution is -2.38. The fourth-order valence-electron chi connectivity index (χ4n) is 4.78. The average molecular weight is 571 g/mol. The Hall–Kier alpha value is -3.76. The Labute approximate surface area is 237 Å². The van der Waals surface area contributed by atoms with Crippen LogP contribution in [-0.4, -0.2) is 49.2 Å². The standard InChI is InChI=1S/C31H33F3N2O5/c1-4-40-30(37)28-25(19-39-17-16-38-18-21-10-6-5-7-11-21)36-24-14-15-35-29(41-20(2)3)27(24)26(28)22-12-8-9-13-23(22)31(32,33)34/h5-15,20,26,28H,4,16-19H2,1-3H3. The van der Waals surface area contributed by atoms with Gasteiger partial charge in [-0.1, -0.05) is 48.5 Å². The van der Waals surface area contributed by atoms with Gasteiger partial charge in [0.25, 0.3) is 0 Å². The molecule has 0 spiro atoms. The van der Waals surface area contributed by atoms with Crippen LogP contribution in [0.3, 0.4) is 0 Å². The van der Waals surface area contributed by atoms with Crippen LogP contribution in [0.1, 0.15) is 48.9 Å². The summed E-state index contributed by atoms with van der Waals surface area (Å²) >= 11 is 0. The van der Waals surface area contributed by atoms with Crippen LogP contribution in [-0.2, 0) is 31.8 Å². The van der Waals surface area contributed by atoms with Crippen LogP contribution >= 0.6 is 0 Å². The number of hydrogen-bond acceptors (Lipinski definition) is 7. The highest BCUT2D eigenvalue weighted by Gasteiger charge is 2.46. The van der Waals surface area contributed by atoms with E-state index in [0.717, 1.165) is 11.6 Å². The summed E-state index contributed by atoms with van der Waals surface area (Å²) in [6.45, 7) is 6.02. The maximum absolute atomic E-state index is 14.3. The minimum absolute atomic E-state index is 0.0414. The van der Waals surface area contributed by atoms with E-state index in [9.17, 15) is 18.0 Å². The van der Waals surface area contributed by atoms with Crippen molar-refractivity contribution in [2.45, 2.75) is 45.6 Å². The van der Waals surface area contributed by atoms with Crippen LogP contribution in [0.15, 0.2) is 71.9 Å². The number of alkyl halides is 3. The van der Waals surface area contributed by atoms with E-state index in [2.05, 4.69) is 9.98 Å². The summed E-state index contributed by atoms with van der Waals surface area (Å²) in [4.78, 5) is 22.5. The third kappa shape index (κ3) is 7.51. The fraction of sp³-hybridized carbons (Fsp3) is 0.387. The van der Waals surface area contributed by atoms with Gasteiger partial charge in [0.05, 0.1) is 56.1 Å². The molecule has 218 valence electrons. The molecule has 41 heavy (non-hydrogen) atoms. The molecule has 4 rings (SSSR count). The number of carbonyl (C=O) groups is 1. The summed E-state index contributed by atoms with van der Waals surface area (Å²) in [5.41, 5.74) is 0.966. The lowest BCUT2D eigenvalue weighted by atomic mass is 9.74. The van der Waals surface area contributed by atoms with E-state index in [1.54, 1.807) is 26.8 Å². The second kappa shape index (κ2) is 13.7. The number of rotatable bonds is 12. The molecule has 7 nitrogen and oxygen atoms in total. The molecule has 2 heterocycles. The van der Waals surface area contributed by atoms with Crippen molar-refractivity contribution in [1.82, 2.24) is 4.98 Å². The van der Waals surface area contributed by atoms with Gasteiger partial charge in [0.15, 0.2) is 0 Å². The first-order valence-electron chi connectivity index (χ1n) is 13.5. The van der Waals surface area contributed by atoms with Crippen molar-refractivity contribution in [3.05, 3.63) is 89.1 Å². The molecule has 0 bridgehead atoms. The van der Waals surface area contributed by atoms with Crippen LogP contribution in [0, 0.1) is 5.92 Å². The van der Waals surface area contributed by atoms with Gasteiger partial charge in [-0.15, -0.1) is 0 Å². The quantitative estimate of drug-likeness (QED) is 0.182. The molecule has 0 saturated carbocycles. The molecular weight excluding hydrogens is 537 g/mol. The summed E-state index contributed by atoms with van der Waals surface area (Å²) < 4.78 is 65.6. The van der Waals surface area contributed by atoms with Gasteiger partial charge in [0.1, 0.15) is 5.92 Å². The minimum Gasteiger partial charge on any atom is -0.475 e. The molecule has 1 aliphatic heterocycles. The van der Waals surface area contributed by atoms with Crippen LogP contribution in [0.2, 0.25) is 0 Å². The van der Waals surface area contributed by atoms with Crippen molar-refractivity contribution in [2.24, 2.45) is 10.9 Å². The summed E-state index contributed by atoms with van der Waals surface area (Å²) in [5, 5.41) is 0. The Morgan fingerprint density at radius 1 is 0.951 bits per heavy atom. The zero-order chi connectivity index (χ0) is 29.4. The third-order valence-corrected chi connectivity index (χ3v) is 6.42. The van der Waals surface area contributed by atoms with E-state index in [4.69, 9.17) is 18.9 Å². The van der Waals surface area contributed by atoms with E-state index in [1.807, 2.05) is 30.3 Å². The first-order chi connectivity index (χ1) is 19.7. The van der Waals surface area contributed by atoms with Crippen molar-refractivity contribution >= 4 is 17.4 Å². The number of carbonyl (C=O) groups excluding carboxylic acids is 1. The number of halogens is 3. The largest absolute Gasteiger partial charge is 0.475 e. The van der Waals surface area contributed by atoms with Crippen molar-refractivity contribution in [3.63, 3.8) is 0 Å². The van der Waals surface area contributed by atoms with Crippen molar-refractivity contribution in [1.29, 1.82) is 0 Å². The summed E-state index contributed by atoms with van der Waals surface area (Å²) in [5.74, 6) is -2.92. The lowest BCUT2D eigenvalue weighted by Gasteiger charge is -2.34. The highest BCUT2D eigenvalue weighted by Crippen LogP contribution is 2.49. The highest BCUT2D eigenvalue weighted by molar-refractivity contribution is 6.07. The molecule has 0 saturated heterocycles. The summed E-state index contributed by atoms with van der Waals surface area (Å²) in [7, 11) is 0. The monoisotopic (exact) mass is 570 g/mol. The first kappa shape index (κ1) is 30.2. The minimum atomic E-state index is -4.67. The Morgan fingerprint density at radius 3 is 2.32 bits per heavy atom. The van der Waals surface area contributed by atoms with Crippen LogP contribution in [0.25, 0.3) is 0 Å². The SMILES string of the molecule is CCOC(=O)C1C(COCCOCc2ccccc2)=Nc2ccnc(OC(C)C)c2C1c1ccccc1C(F)(F)F. The Morgan fingerprint density at radius 2 is 1.63 bits per heavy atom. The van der Waals surface area contributed by atoms with Crippen LogP contribution in [0.5, 0.6) is 5.88 Å². The molecular formula is C31H33F3N2O5. The number of ether oxygens (including phenoxy) is 4. The molecule has 0 amide bonds. The zero-order valence-electron chi connectivity index (χ0n) is 23.2. The normalized spacial score (nSPS) is 16.7. The first-order valence-corrected chi connectivity index (χ1v) is 13.5. The number of aliphatic imine (C=N–C) groups is 1. The number of hydrogen-bond donors (Lipinski definition) is 0. The molecule has 3 aromatic rings. The molecule has 2 unspecified atom stereocenters. The van der Waals surface area contributed by atoms with Gasteiger partial charge in [-0.05, 0) is 44.0 Å². The third-order valence-electron chi connectivity index (χ3n) is 6.42. The molecule has 0 fully saturated rings. The second-order valence-corrected chi connectivity index (χ2v) is 9.70. The lowest BCUT2D eigenvalue weighted by molar-refractivity contribution is -0.147. The Bertz CT molecular complexity index is 1350. The Balaban J connectivity index is 1.70. The van der Waals surface area contributed by atoms with E-state index in [1.165, 1.54) is 24.4 Å². The highest BCUT2D eigenvalue weighted by atomic mass is 19.4. The number of nitrogens with zero attached hydrogens (tertiary/aromatic N) is 2. The molecule has 10 heteroatoms. The smallest absolute Gasteiger partial charge is 0.416 e. The van der Waals surface area contributed by atoms with Gasteiger partial charge < -0.3 is 18.9 Å². The maximum atomic E-state index is 14.3. The molecule has 0 N–H and O–H groups in total. The fourth-order valence-corrected chi connectivity index (χ4v) is 4.78. The van der Waals surface area contributed by atoms with Crippen LogP contribution < -0.4 is 4.74 Å². The van der Waals surface area contributed by atoms with Crippen molar-refractivity contribution in [2.75, 3.05) is 26.4 Å². The Kier molecular flexibility index (Phi) is 10.1. The number of fused-ring (bicyclic) bond motifs is 1. The van der Waals surface area contributed by atoms with Gasteiger partial charge >= 0.3 is 12.1 Å². The van der Waals surface area contributed by atoms with E-state index < -0.39 is 29.5 Å². The predicted molar refractivity (Wildman–Crippen MR) is 147 cm³/mol. The van der Waals surface area contributed by atoms with E-state index in [-0.39, 0.29) is 49.7 Å². The number of benzene rings is 2. The topological polar surface area (TPSA) is 79.2 Å². The molecule has 0 radical (unpaired) electrons. The summed E-state index contributed by atoms with van der Waals surface area (Å²) in [6, 6.07) is 16.5. The van der Waals surface area contributed by atoms with Crippen LogP contribution in [0.4, 0.5) is 18.9 Å². The van der Waals surface area contributed by atoms with E-state index in [0.29, 0.717) is 17.9 Å². The number of pyridine rings is 1. The van der Waals surface area contributed by atoms with Gasteiger partial charge in [0.2, 0.25) is 5.88 Å². The average Bonchev–Trinajstić information content (AvgIpc) is 2.94.